The highest BCUT2D eigenvalue weighted by atomic mass is 32.2. The summed E-state index contributed by atoms with van der Waals surface area (Å²) in [6.45, 7) is 0. The fourth-order valence-electron chi connectivity index (χ4n) is 2.52. The zero-order chi connectivity index (χ0) is 18.1. The van der Waals surface area contributed by atoms with Crippen molar-refractivity contribution in [3.05, 3.63) is 48.5 Å². The number of nitrogen functional groups attached to an aromatic ring is 1. The molecule has 0 saturated carbocycles. The highest BCUT2D eigenvalue weighted by molar-refractivity contribution is 7.99. The minimum Gasteiger partial charge on any atom is -0.399 e. The molecule has 3 rings (SSSR count). The minimum absolute atomic E-state index is 0.0737. The molecule has 9 heteroatoms. The average Bonchev–Trinajstić information content (AvgIpc) is 2.92. The van der Waals surface area contributed by atoms with Crippen molar-refractivity contribution in [1.29, 1.82) is 0 Å². The van der Waals surface area contributed by atoms with Gasteiger partial charge in [0.25, 0.3) is 0 Å². The van der Waals surface area contributed by atoms with E-state index in [1.807, 2.05) is 36.4 Å². The van der Waals surface area contributed by atoms with Gasteiger partial charge in [-0.25, -0.2) is 16.8 Å². The first-order valence-electron chi connectivity index (χ1n) is 7.59. The Bertz CT molecular complexity index is 953. The Morgan fingerprint density at radius 2 is 1.56 bits per heavy atom. The van der Waals surface area contributed by atoms with Gasteiger partial charge in [-0.2, -0.15) is 0 Å². The number of sulfonamides is 1. The van der Waals surface area contributed by atoms with Gasteiger partial charge >= 0.3 is 0 Å². The first kappa shape index (κ1) is 18.1. The number of nitrogens with one attached hydrogen (secondary N) is 1. The zero-order valence-corrected chi connectivity index (χ0v) is 15.7. The van der Waals surface area contributed by atoms with E-state index in [0.717, 1.165) is 9.79 Å². The average molecular weight is 399 g/mol. The maximum absolute atomic E-state index is 12.3. The number of anilines is 2. The summed E-state index contributed by atoms with van der Waals surface area (Å²) in [5, 5.41) is -0.888. The molecular formula is C16H18N2O4S3. The summed E-state index contributed by atoms with van der Waals surface area (Å²) in [5.74, 6) is -0.386. The number of hydrogen-bond acceptors (Lipinski definition) is 6. The molecule has 1 fully saturated rings. The van der Waals surface area contributed by atoms with Crippen molar-refractivity contribution in [2.24, 2.45) is 0 Å². The highest BCUT2D eigenvalue weighted by Gasteiger charge is 2.37. The summed E-state index contributed by atoms with van der Waals surface area (Å²) in [6.07, 6.45) is 0.142. The molecule has 25 heavy (non-hydrogen) atoms. The Morgan fingerprint density at radius 3 is 2.08 bits per heavy atom. The predicted octanol–water partition coefficient (Wildman–Crippen LogP) is 2.35. The molecule has 134 valence electrons. The second kappa shape index (κ2) is 6.89. The lowest BCUT2D eigenvalue weighted by Gasteiger charge is -2.13. The molecule has 0 amide bonds. The van der Waals surface area contributed by atoms with Crippen molar-refractivity contribution >= 4 is 43.0 Å². The molecule has 1 heterocycles. The van der Waals surface area contributed by atoms with Crippen LogP contribution in [0.4, 0.5) is 11.4 Å². The lowest BCUT2D eigenvalue weighted by atomic mass is 10.3. The summed E-state index contributed by atoms with van der Waals surface area (Å²) < 4.78 is 50.0. The third-order valence-corrected chi connectivity index (χ3v) is 8.65. The highest BCUT2D eigenvalue weighted by Crippen LogP contribution is 2.29. The molecule has 1 atom stereocenters. The molecule has 0 aliphatic carbocycles. The van der Waals surface area contributed by atoms with Gasteiger partial charge in [0, 0.05) is 21.2 Å². The van der Waals surface area contributed by atoms with Crippen molar-refractivity contribution in [1.82, 2.24) is 0 Å². The third-order valence-electron chi connectivity index (χ3n) is 3.86. The van der Waals surface area contributed by atoms with Crippen LogP contribution in [0, 0.1) is 0 Å². The second-order valence-corrected chi connectivity index (χ2v) is 11.2. The van der Waals surface area contributed by atoms with Crippen molar-refractivity contribution in [2.75, 3.05) is 22.0 Å². The Kier molecular flexibility index (Phi) is 4.99. The van der Waals surface area contributed by atoms with Gasteiger partial charge in [0.15, 0.2) is 9.84 Å². The molecule has 1 aliphatic rings. The molecular weight excluding hydrogens is 380 g/mol. The SMILES string of the molecule is Nc1ccc(Sc2ccc(NS(=O)(=O)[C@H]3CCS(=O)(=O)C3)cc2)cc1. The molecule has 0 spiro atoms. The van der Waals surface area contributed by atoms with Crippen molar-refractivity contribution < 1.29 is 16.8 Å². The maximum atomic E-state index is 12.3. The first-order chi connectivity index (χ1) is 11.7. The topological polar surface area (TPSA) is 106 Å². The van der Waals surface area contributed by atoms with Gasteiger partial charge in [0.05, 0.1) is 16.8 Å². The number of benzene rings is 2. The second-order valence-electron chi connectivity index (χ2n) is 5.87. The van der Waals surface area contributed by atoms with Gasteiger partial charge < -0.3 is 5.73 Å². The molecule has 0 unspecified atom stereocenters. The molecule has 0 bridgehead atoms. The van der Waals surface area contributed by atoms with Crippen LogP contribution in [0.2, 0.25) is 0 Å². The number of rotatable bonds is 5. The van der Waals surface area contributed by atoms with Crippen molar-refractivity contribution in [3.63, 3.8) is 0 Å². The molecule has 6 nitrogen and oxygen atoms in total. The van der Waals surface area contributed by atoms with Crippen LogP contribution in [0.5, 0.6) is 0 Å². The van der Waals surface area contributed by atoms with Gasteiger partial charge in [0.1, 0.15) is 0 Å². The normalized spacial score (nSPS) is 19.6. The summed E-state index contributed by atoms with van der Waals surface area (Å²) in [5.41, 5.74) is 6.77. The van der Waals surface area contributed by atoms with E-state index in [9.17, 15) is 16.8 Å². The molecule has 0 radical (unpaired) electrons. The van der Waals surface area contributed by atoms with Crippen LogP contribution in [0.3, 0.4) is 0 Å². The fourth-order valence-corrected chi connectivity index (χ4v) is 7.42. The van der Waals surface area contributed by atoms with Gasteiger partial charge in [-0.15, -0.1) is 0 Å². The van der Waals surface area contributed by atoms with E-state index in [1.165, 1.54) is 11.8 Å². The standard InChI is InChI=1S/C16H18N2O4S3/c17-12-1-5-14(6-2-12)23-15-7-3-13(4-8-15)18-25(21,22)16-9-10-24(19,20)11-16/h1-8,16,18H,9-11,17H2/t16-/m0/s1. The van der Waals surface area contributed by atoms with Crippen LogP contribution in [-0.4, -0.2) is 33.6 Å². The molecule has 1 aliphatic heterocycles. The smallest absolute Gasteiger partial charge is 0.236 e. The predicted molar refractivity (Wildman–Crippen MR) is 101 cm³/mol. The van der Waals surface area contributed by atoms with E-state index >= 15 is 0 Å². The maximum Gasteiger partial charge on any atom is 0.236 e. The fraction of sp³-hybridized carbons (Fsp3) is 0.250. The molecule has 2 aromatic carbocycles. The minimum atomic E-state index is -3.71. The monoisotopic (exact) mass is 398 g/mol. The summed E-state index contributed by atoms with van der Waals surface area (Å²) >= 11 is 1.54. The molecule has 1 saturated heterocycles. The van der Waals surface area contributed by atoms with Crippen molar-refractivity contribution in [2.45, 2.75) is 21.5 Å². The third kappa shape index (κ3) is 4.68. The van der Waals surface area contributed by atoms with E-state index in [1.54, 1.807) is 12.1 Å². The molecule has 3 N–H and O–H groups in total. The van der Waals surface area contributed by atoms with Crippen LogP contribution in [0.1, 0.15) is 6.42 Å². The van der Waals surface area contributed by atoms with Gasteiger partial charge in [-0.05, 0) is 55.0 Å². The van der Waals surface area contributed by atoms with Gasteiger partial charge in [0.2, 0.25) is 10.0 Å². The van der Waals surface area contributed by atoms with Crippen molar-refractivity contribution in [3.8, 4) is 0 Å². The van der Waals surface area contributed by atoms with Crippen LogP contribution in [0.15, 0.2) is 58.3 Å². The van der Waals surface area contributed by atoms with Crippen LogP contribution >= 0.6 is 11.8 Å². The molecule has 0 aromatic heterocycles. The number of hydrogen-bond donors (Lipinski definition) is 2. The zero-order valence-electron chi connectivity index (χ0n) is 13.3. The summed E-state index contributed by atoms with van der Waals surface area (Å²) in [6, 6.07) is 14.4. The number of sulfone groups is 1. The largest absolute Gasteiger partial charge is 0.399 e. The Labute approximate surface area is 151 Å². The van der Waals surface area contributed by atoms with Crippen LogP contribution in [0.25, 0.3) is 0 Å². The summed E-state index contributed by atoms with van der Waals surface area (Å²) in [4.78, 5) is 1.98. The summed E-state index contributed by atoms with van der Waals surface area (Å²) in [7, 11) is -6.96. The number of nitrogens with two attached hydrogens (primary N) is 1. The van der Waals surface area contributed by atoms with E-state index < -0.39 is 25.1 Å². The Balaban J connectivity index is 1.67. The van der Waals surface area contributed by atoms with Gasteiger partial charge in [-0.3, -0.25) is 4.72 Å². The Morgan fingerprint density at radius 1 is 1.00 bits per heavy atom. The molecule has 2 aromatic rings. The van der Waals surface area contributed by atoms with E-state index in [2.05, 4.69) is 4.72 Å². The Hall–Kier alpha value is -1.71. The van der Waals surface area contributed by atoms with E-state index in [0.29, 0.717) is 11.4 Å². The van der Waals surface area contributed by atoms with Gasteiger partial charge in [-0.1, -0.05) is 11.8 Å². The van der Waals surface area contributed by atoms with E-state index in [4.69, 9.17) is 5.73 Å². The lowest BCUT2D eigenvalue weighted by Crippen LogP contribution is -2.28. The lowest BCUT2D eigenvalue weighted by molar-refractivity contribution is 0.587. The quantitative estimate of drug-likeness (QED) is 0.749. The van der Waals surface area contributed by atoms with E-state index in [-0.39, 0.29) is 17.9 Å². The van der Waals surface area contributed by atoms with Crippen LogP contribution in [-0.2, 0) is 19.9 Å². The van der Waals surface area contributed by atoms with Crippen LogP contribution < -0.4 is 10.5 Å². The first-order valence-corrected chi connectivity index (χ1v) is 11.8.